The fraction of sp³-hybridized carbons (Fsp3) is 0.167. The van der Waals surface area contributed by atoms with E-state index in [-0.39, 0.29) is 0 Å². The largest absolute Gasteiger partial charge is 0.485 e. The summed E-state index contributed by atoms with van der Waals surface area (Å²) in [6.45, 7) is 0.535. The van der Waals surface area contributed by atoms with Crippen molar-refractivity contribution in [2.45, 2.75) is 19.4 Å². The molecular weight excluding hydrogens is 260 g/mol. The van der Waals surface area contributed by atoms with Crippen LogP contribution in [0.15, 0.2) is 54.9 Å². The quantitative estimate of drug-likeness (QED) is 0.667. The first-order valence-corrected chi connectivity index (χ1v) is 6.93. The predicted molar refractivity (Wildman–Crippen MR) is 83.1 cm³/mol. The molecule has 0 saturated carbocycles. The number of aryl methyl sites for hydroxylation is 1. The monoisotopic (exact) mass is 276 g/mol. The molecule has 0 aliphatic carbocycles. The van der Waals surface area contributed by atoms with Crippen molar-refractivity contribution >= 4 is 5.65 Å². The number of hydrogen-bond acceptors (Lipinski definition) is 2. The van der Waals surface area contributed by atoms with Crippen molar-refractivity contribution in [3.63, 3.8) is 0 Å². The van der Waals surface area contributed by atoms with E-state index in [0.717, 1.165) is 29.1 Å². The van der Waals surface area contributed by atoms with Gasteiger partial charge < -0.3 is 9.14 Å². The molecule has 21 heavy (non-hydrogen) atoms. The molecule has 0 spiro atoms. The van der Waals surface area contributed by atoms with Crippen LogP contribution >= 0.6 is 0 Å². The number of ether oxygens (including phenoxy) is 1. The Morgan fingerprint density at radius 2 is 2.00 bits per heavy atom. The normalized spacial score (nSPS) is 10.4. The molecule has 0 amide bonds. The fourth-order valence-corrected chi connectivity index (χ4v) is 2.21. The zero-order valence-electron chi connectivity index (χ0n) is 11.7. The molecule has 3 nitrogen and oxygen atoms in total. The van der Waals surface area contributed by atoms with E-state index in [1.165, 1.54) is 0 Å². The maximum absolute atomic E-state index is 5.90. The minimum atomic E-state index is 0.535. The minimum absolute atomic E-state index is 0.535. The lowest BCUT2D eigenvalue weighted by Crippen LogP contribution is -1.97. The molecule has 2 aromatic heterocycles. The van der Waals surface area contributed by atoms with E-state index in [0.29, 0.717) is 13.0 Å². The molecule has 0 aliphatic heterocycles. The van der Waals surface area contributed by atoms with E-state index in [1.54, 1.807) is 0 Å². The lowest BCUT2D eigenvalue weighted by Gasteiger charge is -2.07. The van der Waals surface area contributed by atoms with Crippen LogP contribution in [0.3, 0.4) is 0 Å². The maximum atomic E-state index is 5.90. The second kappa shape index (κ2) is 6.15. The van der Waals surface area contributed by atoms with Crippen molar-refractivity contribution in [3.8, 4) is 18.1 Å². The van der Waals surface area contributed by atoms with E-state index < -0.39 is 0 Å². The average Bonchev–Trinajstić information content (AvgIpc) is 2.95. The summed E-state index contributed by atoms with van der Waals surface area (Å²) in [6, 6.07) is 14.0. The molecule has 3 aromatic rings. The van der Waals surface area contributed by atoms with Crippen LogP contribution in [0.1, 0.15) is 17.7 Å². The van der Waals surface area contributed by atoms with Gasteiger partial charge in [-0.2, -0.15) is 0 Å². The summed E-state index contributed by atoms with van der Waals surface area (Å²) in [5.41, 5.74) is 2.96. The molecule has 0 fully saturated rings. The molecule has 104 valence electrons. The van der Waals surface area contributed by atoms with Crippen molar-refractivity contribution in [1.82, 2.24) is 9.38 Å². The van der Waals surface area contributed by atoms with Crippen LogP contribution in [0.25, 0.3) is 5.65 Å². The number of hydrogen-bond donors (Lipinski definition) is 0. The van der Waals surface area contributed by atoms with E-state index >= 15 is 0 Å². The molecule has 0 aliphatic rings. The Kier molecular flexibility index (Phi) is 3.88. The number of rotatable bonds is 5. The minimum Gasteiger partial charge on any atom is -0.485 e. The van der Waals surface area contributed by atoms with Crippen LogP contribution in [0, 0.1) is 12.3 Å². The highest BCUT2D eigenvalue weighted by molar-refractivity contribution is 5.54. The van der Waals surface area contributed by atoms with Gasteiger partial charge in [-0.1, -0.05) is 30.3 Å². The lowest BCUT2D eigenvalue weighted by atomic mass is 10.2. The van der Waals surface area contributed by atoms with Crippen molar-refractivity contribution in [1.29, 1.82) is 0 Å². The van der Waals surface area contributed by atoms with Crippen LogP contribution < -0.4 is 4.74 Å². The van der Waals surface area contributed by atoms with Crippen molar-refractivity contribution in [2.75, 3.05) is 0 Å². The van der Waals surface area contributed by atoms with Gasteiger partial charge in [-0.05, 0) is 17.7 Å². The van der Waals surface area contributed by atoms with Gasteiger partial charge in [0.15, 0.2) is 11.4 Å². The number of imidazole rings is 1. The van der Waals surface area contributed by atoms with Crippen molar-refractivity contribution in [3.05, 3.63) is 66.1 Å². The molecule has 2 heterocycles. The number of fused-ring (bicyclic) bond motifs is 1. The summed E-state index contributed by atoms with van der Waals surface area (Å²) in [7, 11) is 0. The highest BCUT2D eigenvalue weighted by Gasteiger charge is 2.07. The van der Waals surface area contributed by atoms with Gasteiger partial charge in [-0.25, -0.2) is 4.98 Å². The van der Waals surface area contributed by atoms with Gasteiger partial charge in [0.25, 0.3) is 0 Å². The van der Waals surface area contributed by atoms with Gasteiger partial charge >= 0.3 is 0 Å². The summed E-state index contributed by atoms with van der Waals surface area (Å²) in [5.74, 6) is 3.43. The number of nitrogens with zero attached hydrogens (tertiary/aromatic N) is 2. The Hall–Kier alpha value is -2.73. The third kappa shape index (κ3) is 3.06. The SMILES string of the molecule is C#CCCc1cn2cccc(OCc3ccccc3)c2n1. The van der Waals surface area contributed by atoms with E-state index in [4.69, 9.17) is 11.2 Å². The Morgan fingerprint density at radius 3 is 2.81 bits per heavy atom. The zero-order valence-corrected chi connectivity index (χ0v) is 11.7. The summed E-state index contributed by atoms with van der Waals surface area (Å²) < 4.78 is 7.88. The van der Waals surface area contributed by atoms with E-state index in [2.05, 4.69) is 10.9 Å². The number of aromatic nitrogens is 2. The highest BCUT2D eigenvalue weighted by atomic mass is 16.5. The first-order valence-electron chi connectivity index (χ1n) is 6.93. The molecule has 0 radical (unpaired) electrons. The van der Waals surface area contributed by atoms with Gasteiger partial charge in [-0.3, -0.25) is 0 Å². The molecule has 0 saturated heterocycles. The Bertz CT molecular complexity index is 769. The van der Waals surface area contributed by atoms with Crippen LogP contribution in [0.5, 0.6) is 5.75 Å². The number of benzene rings is 1. The molecule has 3 rings (SSSR count). The molecule has 3 heteroatoms. The summed E-state index contributed by atoms with van der Waals surface area (Å²) in [5, 5.41) is 0. The number of pyridine rings is 1. The fourth-order valence-electron chi connectivity index (χ4n) is 2.21. The van der Waals surface area contributed by atoms with Crippen LogP contribution in [0.2, 0.25) is 0 Å². The lowest BCUT2D eigenvalue weighted by molar-refractivity contribution is 0.308. The molecular formula is C18H16N2O. The standard InChI is InChI=1S/C18H16N2O/c1-2-3-10-16-13-20-12-7-11-17(18(20)19-16)21-14-15-8-5-4-6-9-15/h1,4-9,11-13H,3,10,14H2. The molecule has 0 atom stereocenters. The zero-order chi connectivity index (χ0) is 14.5. The summed E-state index contributed by atoms with van der Waals surface area (Å²) in [4.78, 5) is 4.60. The average molecular weight is 276 g/mol. The van der Waals surface area contributed by atoms with Gasteiger partial charge in [-0.15, -0.1) is 12.3 Å². The topological polar surface area (TPSA) is 26.5 Å². The smallest absolute Gasteiger partial charge is 0.179 e. The van der Waals surface area contributed by atoms with E-state index in [1.807, 2.05) is 59.3 Å². The first-order chi connectivity index (χ1) is 10.4. The Morgan fingerprint density at radius 1 is 1.14 bits per heavy atom. The van der Waals surface area contributed by atoms with E-state index in [9.17, 15) is 0 Å². The maximum Gasteiger partial charge on any atom is 0.179 e. The Balaban J connectivity index is 1.81. The summed E-state index contributed by atoms with van der Waals surface area (Å²) >= 11 is 0. The third-order valence-electron chi connectivity index (χ3n) is 3.26. The molecule has 0 N–H and O–H groups in total. The summed E-state index contributed by atoms with van der Waals surface area (Å²) in [6.07, 6.45) is 10.8. The molecule has 0 bridgehead atoms. The Labute approximate surface area is 124 Å². The molecule has 1 aromatic carbocycles. The van der Waals surface area contributed by atoms with Crippen molar-refractivity contribution < 1.29 is 4.74 Å². The van der Waals surface area contributed by atoms with Gasteiger partial charge in [0.2, 0.25) is 0 Å². The molecule has 0 unspecified atom stereocenters. The van der Waals surface area contributed by atoms with Crippen LogP contribution in [0.4, 0.5) is 0 Å². The number of terminal acetylenes is 1. The van der Waals surface area contributed by atoms with Crippen LogP contribution in [-0.4, -0.2) is 9.38 Å². The third-order valence-corrected chi connectivity index (χ3v) is 3.26. The van der Waals surface area contributed by atoms with Crippen molar-refractivity contribution in [2.24, 2.45) is 0 Å². The second-order valence-corrected chi connectivity index (χ2v) is 4.81. The van der Waals surface area contributed by atoms with Crippen LogP contribution in [-0.2, 0) is 13.0 Å². The highest BCUT2D eigenvalue weighted by Crippen LogP contribution is 2.20. The van der Waals surface area contributed by atoms with Gasteiger partial charge in [0.1, 0.15) is 6.61 Å². The first kappa shape index (κ1) is 13.3. The van der Waals surface area contributed by atoms with Gasteiger partial charge in [0.05, 0.1) is 5.69 Å². The van der Waals surface area contributed by atoms with Gasteiger partial charge in [0, 0.05) is 25.2 Å². The second-order valence-electron chi connectivity index (χ2n) is 4.81. The predicted octanol–water partition coefficient (Wildman–Crippen LogP) is 3.48.